The van der Waals surface area contributed by atoms with Crippen LogP contribution in [0.2, 0.25) is 0 Å². The van der Waals surface area contributed by atoms with Crippen LogP contribution in [0.5, 0.6) is 0 Å². The summed E-state index contributed by atoms with van der Waals surface area (Å²) in [6, 6.07) is 10.0. The lowest BCUT2D eigenvalue weighted by Gasteiger charge is -2.36. The van der Waals surface area contributed by atoms with Gasteiger partial charge >= 0.3 is 0 Å². The highest BCUT2D eigenvalue weighted by Gasteiger charge is 2.23. The molecule has 4 heteroatoms. The highest BCUT2D eigenvalue weighted by Crippen LogP contribution is 2.22. The van der Waals surface area contributed by atoms with E-state index in [4.69, 9.17) is 4.74 Å². The smallest absolute Gasteiger partial charge is 0.0916 e. The van der Waals surface area contributed by atoms with E-state index in [1.807, 2.05) is 30.3 Å². The summed E-state index contributed by atoms with van der Waals surface area (Å²) in [5, 5.41) is 10.4. The molecule has 2 fully saturated rings. The van der Waals surface area contributed by atoms with Crippen molar-refractivity contribution < 1.29 is 9.84 Å². The van der Waals surface area contributed by atoms with Crippen molar-refractivity contribution in [2.75, 3.05) is 46.4 Å². The van der Waals surface area contributed by atoms with E-state index in [0.717, 1.165) is 44.3 Å². The van der Waals surface area contributed by atoms with Gasteiger partial charge in [0.2, 0.25) is 0 Å². The Morgan fingerprint density at radius 1 is 1.12 bits per heavy atom. The summed E-state index contributed by atoms with van der Waals surface area (Å²) in [5.41, 5.74) is 1.02. The standard InChI is InChI=1S/C21H34N2O2/c1-22(16-20-9-5-6-14-25-20)15-18-10-12-23(13-11-18)17-21(24)19-7-3-2-4-8-19/h2-4,7-8,18,20-21,24H,5-6,9-17H2,1H3/t20-,21-/m0/s1. The Balaban J connectivity index is 1.35. The molecule has 0 unspecified atom stereocenters. The molecule has 1 aromatic rings. The van der Waals surface area contributed by atoms with Crippen LogP contribution in [0.3, 0.4) is 0 Å². The lowest BCUT2D eigenvalue weighted by Crippen LogP contribution is -2.41. The number of likely N-dealkylation sites (N-methyl/N-ethyl adjacent to an activating group) is 1. The number of ether oxygens (including phenoxy) is 1. The van der Waals surface area contributed by atoms with Crippen molar-refractivity contribution in [1.82, 2.24) is 9.80 Å². The van der Waals surface area contributed by atoms with Gasteiger partial charge < -0.3 is 19.6 Å². The van der Waals surface area contributed by atoms with Crippen LogP contribution in [0.25, 0.3) is 0 Å². The van der Waals surface area contributed by atoms with E-state index in [1.165, 1.54) is 38.6 Å². The minimum absolute atomic E-state index is 0.371. The van der Waals surface area contributed by atoms with E-state index < -0.39 is 0 Å². The first-order valence-electron chi connectivity index (χ1n) is 9.96. The molecule has 2 heterocycles. The number of benzene rings is 1. The minimum atomic E-state index is -0.371. The molecule has 4 nitrogen and oxygen atoms in total. The molecule has 0 saturated carbocycles. The van der Waals surface area contributed by atoms with Gasteiger partial charge in [0.05, 0.1) is 12.2 Å². The lowest BCUT2D eigenvalue weighted by molar-refractivity contribution is -0.00546. The van der Waals surface area contributed by atoms with Crippen LogP contribution in [0.15, 0.2) is 30.3 Å². The SMILES string of the molecule is CN(CC1CCN(C[C@H](O)c2ccccc2)CC1)C[C@@H]1CCCCO1. The molecule has 0 aliphatic carbocycles. The van der Waals surface area contributed by atoms with Gasteiger partial charge in [-0.25, -0.2) is 0 Å². The third kappa shape index (κ3) is 6.07. The Bertz CT molecular complexity index is 482. The van der Waals surface area contributed by atoms with Gasteiger partial charge in [-0.2, -0.15) is 0 Å². The zero-order valence-electron chi connectivity index (χ0n) is 15.6. The maximum atomic E-state index is 10.4. The van der Waals surface area contributed by atoms with E-state index in [-0.39, 0.29) is 6.10 Å². The fourth-order valence-corrected chi connectivity index (χ4v) is 4.19. The Morgan fingerprint density at radius 3 is 2.56 bits per heavy atom. The average molecular weight is 347 g/mol. The first-order chi connectivity index (χ1) is 12.2. The minimum Gasteiger partial charge on any atom is -0.387 e. The van der Waals surface area contributed by atoms with Crippen molar-refractivity contribution in [3.05, 3.63) is 35.9 Å². The molecule has 1 aromatic carbocycles. The van der Waals surface area contributed by atoms with Crippen molar-refractivity contribution in [3.8, 4) is 0 Å². The highest BCUT2D eigenvalue weighted by atomic mass is 16.5. The van der Waals surface area contributed by atoms with E-state index in [9.17, 15) is 5.11 Å². The van der Waals surface area contributed by atoms with E-state index >= 15 is 0 Å². The molecule has 2 aliphatic rings. The van der Waals surface area contributed by atoms with Gasteiger partial charge in [-0.15, -0.1) is 0 Å². The topological polar surface area (TPSA) is 35.9 Å². The second-order valence-corrected chi connectivity index (χ2v) is 7.88. The predicted octanol–water partition coefficient (Wildman–Crippen LogP) is 2.93. The summed E-state index contributed by atoms with van der Waals surface area (Å²) in [4.78, 5) is 4.88. The fourth-order valence-electron chi connectivity index (χ4n) is 4.19. The Morgan fingerprint density at radius 2 is 1.88 bits per heavy atom. The van der Waals surface area contributed by atoms with Crippen LogP contribution in [-0.2, 0) is 4.74 Å². The van der Waals surface area contributed by atoms with Crippen LogP contribution in [-0.4, -0.2) is 67.4 Å². The van der Waals surface area contributed by atoms with Gasteiger partial charge in [-0.05, 0) is 63.7 Å². The first-order valence-corrected chi connectivity index (χ1v) is 9.96. The van der Waals surface area contributed by atoms with Gasteiger partial charge in [-0.3, -0.25) is 0 Å². The molecule has 2 saturated heterocycles. The molecule has 25 heavy (non-hydrogen) atoms. The predicted molar refractivity (Wildman–Crippen MR) is 102 cm³/mol. The number of aliphatic hydroxyl groups excluding tert-OH is 1. The number of β-amino-alcohol motifs (C(OH)–C–C–N with tert-alkyl or cyclic N) is 1. The monoisotopic (exact) mass is 346 g/mol. The molecule has 1 N–H and O–H groups in total. The van der Waals surface area contributed by atoms with Gasteiger partial charge in [0.15, 0.2) is 0 Å². The van der Waals surface area contributed by atoms with Gasteiger partial charge in [0.25, 0.3) is 0 Å². The summed E-state index contributed by atoms with van der Waals surface area (Å²) in [6.45, 7) is 6.15. The van der Waals surface area contributed by atoms with Crippen molar-refractivity contribution >= 4 is 0 Å². The molecule has 0 aromatic heterocycles. The number of piperidine rings is 1. The van der Waals surface area contributed by atoms with Crippen LogP contribution >= 0.6 is 0 Å². The fraction of sp³-hybridized carbons (Fsp3) is 0.714. The quantitative estimate of drug-likeness (QED) is 0.823. The second-order valence-electron chi connectivity index (χ2n) is 7.88. The maximum Gasteiger partial charge on any atom is 0.0916 e. The van der Waals surface area contributed by atoms with Gasteiger partial charge in [-0.1, -0.05) is 30.3 Å². The van der Waals surface area contributed by atoms with E-state index in [0.29, 0.717) is 6.10 Å². The maximum absolute atomic E-state index is 10.4. The summed E-state index contributed by atoms with van der Waals surface area (Å²) in [7, 11) is 2.24. The molecule has 140 valence electrons. The lowest BCUT2D eigenvalue weighted by atomic mass is 9.95. The van der Waals surface area contributed by atoms with Gasteiger partial charge in [0, 0.05) is 26.2 Å². The van der Waals surface area contributed by atoms with Crippen LogP contribution in [0, 0.1) is 5.92 Å². The molecule has 2 aliphatic heterocycles. The third-order valence-electron chi connectivity index (χ3n) is 5.68. The zero-order chi connectivity index (χ0) is 17.5. The molecule has 3 rings (SSSR count). The van der Waals surface area contributed by atoms with E-state index in [2.05, 4.69) is 16.8 Å². The normalized spacial score (nSPS) is 24.5. The van der Waals surface area contributed by atoms with Crippen molar-refractivity contribution in [2.45, 2.75) is 44.3 Å². The largest absolute Gasteiger partial charge is 0.387 e. The number of rotatable bonds is 7. The van der Waals surface area contributed by atoms with Crippen molar-refractivity contribution in [2.24, 2.45) is 5.92 Å². The molecular formula is C21H34N2O2. The third-order valence-corrected chi connectivity index (χ3v) is 5.68. The molecule has 0 spiro atoms. The number of hydrogen-bond donors (Lipinski definition) is 1. The average Bonchev–Trinajstić information content (AvgIpc) is 2.65. The van der Waals surface area contributed by atoms with Gasteiger partial charge in [0.1, 0.15) is 0 Å². The molecule has 0 bridgehead atoms. The highest BCUT2D eigenvalue weighted by molar-refractivity contribution is 5.17. The van der Waals surface area contributed by atoms with E-state index in [1.54, 1.807) is 0 Å². The Labute approximate surface area is 152 Å². The summed E-state index contributed by atoms with van der Waals surface area (Å²) in [5.74, 6) is 0.777. The first kappa shape index (κ1) is 18.8. The Kier molecular flexibility index (Phi) is 7.29. The van der Waals surface area contributed by atoms with Crippen LogP contribution in [0.1, 0.15) is 43.8 Å². The van der Waals surface area contributed by atoms with Crippen molar-refractivity contribution in [1.29, 1.82) is 0 Å². The summed E-state index contributed by atoms with van der Waals surface area (Å²) in [6.07, 6.45) is 6.31. The second kappa shape index (κ2) is 9.67. The number of hydrogen-bond acceptors (Lipinski definition) is 4. The molecule has 0 radical (unpaired) electrons. The van der Waals surface area contributed by atoms with Crippen molar-refractivity contribution in [3.63, 3.8) is 0 Å². The van der Waals surface area contributed by atoms with Crippen LogP contribution in [0.4, 0.5) is 0 Å². The number of nitrogens with zero attached hydrogens (tertiary/aromatic N) is 2. The number of aliphatic hydroxyl groups is 1. The summed E-state index contributed by atoms with van der Waals surface area (Å²) >= 11 is 0. The number of likely N-dealkylation sites (tertiary alicyclic amines) is 1. The Hall–Kier alpha value is -0.940. The molecular weight excluding hydrogens is 312 g/mol. The molecule has 0 amide bonds. The zero-order valence-corrected chi connectivity index (χ0v) is 15.6. The summed E-state index contributed by atoms with van der Waals surface area (Å²) < 4.78 is 5.86. The van der Waals surface area contributed by atoms with Crippen LogP contribution < -0.4 is 0 Å². The molecule has 2 atom stereocenters.